The molecule has 2 aromatic carbocycles. The molecule has 0 spiro atoms. The van der Waals surface area contributed by atoms with Crippen molar-refractivity contribution in [3.05, 3.63) is 63.0 Å². The van der Waals surface area contributed by atoms with E-state index in [0.29, 0.717) is 47.5 Å². The molecule has 0 radical (unpaired) electrons. The first-order chi connectivity index (χ1) is 15.7. The van der Waals surface area contributed by atoms with Gasteiger partial charge in [0.25, 0.3) is 10.2 Å². The summed E-state index contributed by atoms with van der Waals surface area (Å²) in [5.74, 6) is 0.548. The third-order valence-corrected chi connectivity index (χ3v) is 7.00. The van der Waals surface area contributed by atoms with Crippen LogP contribution in [0.3, 0.4) is 0 Å². The van der Waals surface area contributed by atoms with E-state index in [4.69, 9.17) is 21.5 Å². The molecule has 0 amide bonds. The van der Waals surface area contributed by atoms with Crippen LogP contribution in [0.25, 0.3) is 11.0 Å². The van der Waals surface area contributed by atoms with Crippen molar-refractivity contribution < 1.29 is 13.2 Å². The fourth-order valence-electron chi connectivity index (χ4n) is 4.53. The summed E-state index contributed by atoms with van der Waals surface area (Å²) in [5, 5.41) is 14.9. The summed E-state index contributed by atoms with van der Waals surface area (Å²) in [6.45, 7) is 0.281. The average molecular weight is 490 g/mol. The molecule has 0 unspecified atom stereocenters. The van der Waals surface area contributed by atoms with E-state index in [1.54, 1.807) is 39.5 Å². The minimum atomic E-state index is -3.77. The second-order valence-corrected chi connectivity index (χ2v) is 9.92. The second-order valence-electron chi connectivity index (χ2n) is 8.19. The van der Waals surface area contributed by atoms with Gasteiger partial charge in [0, 0.05) is 12.1 Å². The summed E-state index contributed by atoms with van der Waals surface area (Å²) < 4.78 is 33.7. The Morgan fingerprint density at radius 1 is 1.18 bits per heavy atom. The second kappa shape index (κ2) is 9.19. The third kappa shape index (κ3) is 4.91. The molecule has 1 heterocycles. The quantitative estimate of drug-likeness (QED) is 0.549. The standard InChI is InChI=1S/C22H24ClN5O4S/c1-32-21-9-3-15(10-18(21)23)13-27-20-11-14(12-24)2-8-19(20)28(22(27)29)17-6-4-16(5-7-17)26-33(25,30)31/h2-3,8-11,16-17,26H,4-7,13H2,1H3,(H2,25,30,31)/t16-,17-. The zero-order valence-corrected chi connectivity index (χ0v) is 19.6. The molecule has 1 aromatic heterocycles. The van der Waals surface area contributed by atoms with Gasteiger partial charge in [0.15, 0.2) is 0 Å². The number of hydrogen-bond donors (Lipinski definition) is 2. The highest BCUT2D eigenvalue weighted by Crippen LogP contribution is 2.31. The predicted octanol–water partition coefficient (Wildman–Crippen LogP) is 2.66. The molecular weight excluding hydrogens is 466 g/mol. The number of ether oxygens (including phenoxy) is 1. The molecule has 1 saturated carbocycles. The highest BCUT2D eigenvalue weighted by atomic mass is 35.5. The van der Waals surface area contributed by atoms with Crippen LogP contribution in [-0.4, -0.2) is 30.7 Å². The van der Waals surface area contributed by atoms with Crippen LogP contribution in [-0.2, 0) is 16.8 Å². The number of halogens is 1. The monoisotopic (exact) mass is 489 g/mol. The Morgan fingerprint density at radius 2 is 1.91 bits per heavy atom. The number of methoxy groups -OCH3 is 1. The molecule has 3 aromatic rings. The Hall–Kier alpha value is -2.84. The summed E-state index contributed by atoms with van der Waals surface area (Å²) in [7, 11) is -2.23. The van der Waals surface area contributed by atoms with E-state index in [9.17, 15) is 18.5 Å². The molecular formula is C22H24ClN5O4S. The molecule has 174 valence electrons. The summed E-state index contributed by atoms with van der Waals surface area (Å²) in [6.07, 6.45) is 2.40. The van der Waals surface area contributed by atoms with Gasteiger partial charge in [0.2, 0.25) is 0 Å². The SMILES string of the molecule is COc1ccc(Cn2c(=O)n([C@H]3CC[C@H](NS(N)(=O)=O)CC3)c3ccc(C#N)cc32)cc1Cl. The van der Waals surface area contributed by atoms with Crippen molar-refractivity contribution in [3.63, 3.8) is 0 Å². The fourth-order valence-corrected chi connectivity index (χ4v) is 5.51. The van der Waals surface area contributed by atoms with E-state index < -0.39 is 10.2 Å². The summed E-state index contributed by atoms with van der Waals surface area (Å²) in [5.41, 5.74) is 2.50. The van der Waals surface area contributed by atoms with E-state index in [0.717, 1.165) is 11.1 Å². The lowest BCUT2D eigenvalue weighted by atomic mass is 9.91. The number of nitrogens with two attached hydrogens (primary N) is 1. The van der Waals surface area contributed by atoms with Gasteiger partial charge in [-0.25, -0.2) is 9.93 Å². The van der Waals surface area contributed by atoms with Crippen LogP contribution in [0.1, 0.15) is 42.9 Å². The van der Waals surface area contributed by atoms with Gasteiger partial charge in [0.1, 0.15) is 5.75 Å². The fraction of sp³-hybridized carbons (Fsp3) is 0.364. The number of imidazole rings is 1. The van der Waals surface area contributed by atoms with E-state index in [1.807, 2.05) is 6.07 Å². The minimum absolute atomic E-state index is 0.0906. The van der Waals surface area contributed by atoms with Gasteiger partial charge in [-0.3, -0.25) is 9.13 Å². The number of rotatable bonds is 6. The predicted molar refractivity (Wildman–Crippen MR) is 126 cm³/mol. The van der Waals surface area contributed by atoms with Gasteiger partial charge < -0.3 is 4.74 Å². The van der Waals surface area contributed by atoms with Gasteiger partial charge >= 0.3 is 5.69 Å². The van der Waals surface area contributed by atoms with Gasteiger partial charge in [0.05, 0.1) is 41.3 Å². The van der Waals surface area contributed by atoms with Crippen molar-refractivity contribution in [2.24, 2.45) is 5.14 Å². The molecule has 0 saturated heterocycles. The lowest BCUT2D eigenvalue weighted by Gasteiger charge is -2.29. The molecule has 3 N–H and O–H groups in total. The van der Waals surface area contributed by atoms with Crippen LogP contribution in [0.4, 0.5) is 0 Å². The molecule has 11 heteroatoms. The van der Waals surface area contributed by atoms with Gasteiger partial charge in [-0.1, -0.05) is 17.7 Å². The van der Waals surface area contributed by atoms with E-state index in [-0.39, 0.29) is 24.3 Å². The average Bonchev–Trinajstić information content (AvgIpc) is 3.04. The molecule has 9 nitrogen and oxygen atoms in total. The van der Waals surface area contributed by atoms with Crippen molar-refractivity contribution in [3.8, 4) is 11.8 Å². The Bertz CT molecular complexity index is 1400. The highest BCUT2D eigenvalue weighted by molar-refractivity contribution is 7.87. The van der Waals surface area contributed by atoms with Crippen LogP contribution in [0.15, 0.2) is 41.2 Å². The van der Waals surface area contributed by atoms with Crippen LogP contribution >= 0.6 is 11.6 Å². The number of aromatic nitrogens is 2. The highest BCUT2D eigenvalue weighted by Gasteiger charge is 2.28. The van der Waals surface area contributed by atoms with Crippen molar-refractivity contribution in [1.82, 2.24) is 13.9 Å². The molecule has 0 aliphatic heterocycles. The largest absolute Gasteiger partial charge is 0.495 e. The number of hydrogen-bond acceptors (Lipinski definition) is 5. The van der Waals surface area contributed by atoms with Crippen molar-refractivity contribution in [1.29, 1.82) is 5.26 Å². The first kappa shape index (κ1) is 23.3. The summed E-state index contributed by atoms with van der Waals surface area (Å²) >= 11 is 6.27. The zero-order chi connectivity index (χ0) is 23.8. The molecule has 0 atom stereocenters. The maximum atomic E-state index is 13.6. The number of fused-ring (bicyclic) bond motifs is 1. The van der Waals surface area contributed by atoms with Crippen LogP contribution < -0.4 is 20.3 Å². The normalized spacial score (nSPS) is 18.8. The summed E-state index contributed by atoms with van der Waals surface area (Å²) in [6, 6.07) is 12.4. The first-order valence-corrected chi connectivity index (χ1v) is 12.4. The van der Waals surface area contributed by atoms with Gasteiger partial charge in [-0.05, 0) is 61.6 Å². The molecule has 4 rings (SSSR count). The van der Waals surface area contributed by atoms with Crippen molar-refractivity contribution in [2.45, 2.75) is 44.3 Å². The minimum Gasteiger partial charge on any atom is -0.495 e. The van der Waals surface area contributed by atoms with Gasteiger partial charge in [-0.2, -0.15) is 18.4 Å². The third-order valence-electron chi connectivity index (χ3n) is 6.04. The lowest BCUT2D eigenvalue weighted by molar-refractivity contribution is 0.309. The molecule has 1 aliphatic carbocycles. The lowest BCUT2D eigenvalue weighted by Crippen LogP contribution is -2.42. The number of nitriles is 1. The van der Waals surface area contributed by atoms with E-state index >= 15 is 0 Å². The maximum Gasteiger partial charge on any atom is 0.329 e. The Morgan fingerprint density at radius 3 is 2.52 bits per heavy atom. The molecule has 1 aliphatic rings. The van der Waals surface area contributed by atoms with Crippen LogP contribution in [0.2, 0.25) is 5.02 Å². The number of nitrogens with zero attached hydrogens (tertiary/aromatic N) is 3. The van der Waals surface area contributed by atoms with Crippen LogP contribution in [0.5, 0.6) is 5.75 Å². The van der Waals surface area contributed by atoms with E-state index in [1.165, 1.54) is 7.11 Å². The van der Waals surface area contributed by atoms with Gasteiger partial charge in [-0.15, -0.1) is 0 Å². The zero-order valence-electron chi connectivity index (χ0n) is 18.0. The Kier molecular flexibility index (Phi) is 6.50. The number of benzene rings is 2. The van der Waals surface area contributed by atoms with Crippen molar-refractivity contribution in [2.75, 3.05) is 7.11 Å². The Balaban J connectivity index is 1.71. The Labute approximate surface area is 196 Å². The van der Waals surface area contributed by atoms with E-state index in [2.05, 4.69) is 10.8 Å². The number of nitrogens with one attached hydrogen (secondary N) is 1. The maximum absolute atomic E-state index is 13.6. The first-order valence-electron chi connectivity index (χ1n) is 10.5. The topological polar surface area (TPSA) is 132 Å². The summed E-state index contributed by atoms with van der Waals surface area (Å²) in [4.78, 5) is 13.6. The molecule has 33 heavy (non-hydrogen) atoms. The van der Waals surface area contributed by atoms with Crippen molar-refractivity contribution >= 4 is 32.8 Å². The smallest absolute Gasteiger partial charge is 0.329 e. The molecule has 1 fully saturated rings. The molecule has 0 bridgehead atoms. The van der Waals surface area contributed by atoms with Crippen LogP contribution in [0, 0.1) is 11.3 Å².